The van der Waals surface area contributed by atoms with E-state index in [0.29, 0.717) is 0 Å². The van der Waals surface area contributed by atoms with Gasteiger partial charge in [-0.3, -0.25) is 0 Å². The van der Waals surface area contributed by atoms with E-state index in [2.05, 4.69) is 289 Å². The van der Waals surface area contributed by atoms with Gasteiger partial charge in [-0.05, 0) is 143 Å². The molecule has 2 nitrogen and oxygen atoms in total. The fourth-order valence-electron chi connectivity index (χ4n) is 12.0. The van der Waals surface area contributed by atoms with E-state index in [1.54, 1.807) is 0 Å². The first-order chi connectivity index (χ1) is 37.2. The van der Waals surface area contributed by atoms with Crippen molar-refractivity contribution in [2.75, 3.05) is 9.80 Å². The standard InChI is InChI=1S/C72H46N2S/c1-3-20-47(21-4-1)48-38-40-50(41-39-48)73(69-36-19-34-63-58-30-13-12-29-57(58)61-32-15-17-35-68(61)74(72(63)69)49-22-5-2-6-23-49)51-42-43-60-56-28-10-9-26-54(56)52-24-7-8-25-53(52)55-27-11-14-31-59(55)65-45-67-62-33-16-18-37-70(62)75-71(67)46-66(65)64(60)44-51/h1-46H. The Labute approximate surface area is 439 Å². The van der Waals surface area contributed by atoms with Crippen molar-refractivity contribution in [1.82, 2.24) is 0 Å². The van der Waals surface area contributed by atoms with Crippen molar-refractivity contribution in [2.45, 2.75) is 0 Å². The molecule has 0 bridgehead atoms. The minimum atomic E-state index is 1.05. The zero-order valence-electron chi connectivity index (χ0n) is 40.9. The van der Waals surface area contributed by atoms with E-state index >= 15 is 0 Å². The molecule has 14 aromatic rings. The van der Waals surface area contributed by atoms with Gasteiger partial charge >= 0.3 is 0 Å². The van der Waals surface area contributed by atoms with Gasteiger partial charge in [0.2, 0.25) is 0 Å². The summed E-state index contributed by atoms with van der Waals surface area (Å²) in [5, 5.41) is 14.6. The van der Waals surface area contributed by atoms with Crippen LogP contribution in [0.25, 0.3) is 107 Å². The second kappa shape index (κ2) is 17.6. The maximum Gasteiger partial charge on any atom is 0.0781 e. The summed E-state index contributed by atoms with van der Waals surface area (Å²) in [5.41, 5.74) is 13.6. The zero-order chi connectivity index (χ0) is 49.4. The van der Waals surface area contributed by atoms with Crippen molar-refractivity contribution >= 4 is 119 Å². The van der Waals surface area contributed by atoms with E-state index in [0.717, 1.165) is 39.7 Å². The van der Waals surface area contributed by atoms with Crippen molar-refractivity contribution in [3.05, 3.63) is 279 Å². The van der Waals surface area contributed by atoms with Crippen molar-refractivity contribution in [2.24, 2.45) is 0 Å². The van der Waals surface area contributed by atoms with E-state index < -0.39 is 0 Å². The summed E-state index contributed by atoms with van der Waals surface area (Å²) in [6.45, 7) is 0. The number of anilines is 6. The van der Waals surface area contributed by atoms with Gasteiger partial charge < -0.3 is 9.80 Å². The van der Waals surface area contributed by atoms with Crippen molar-refractivity contribution in [3.8, 4) is 33.4 Å². The molecule has 0 N–H and O–H groups in total. The molecule has 1 aromatic heterocycles. The van der Waals surface area contributed by atoms with Gasteiger partial charge in [0.25, 0.3) is 0 Å². The topological polar surface area (TPSA) is 6.48 Å². The quantitative estimate of drug-likeness (QED) is 0.170. The largest absolute Gasteiger partial charge is 0.308 e. The van der Waals surface area contributed by atoms with E-state index in [-0.39, 0.29) is 0 Å². The molecule has 75 heavy (non-hydrogen) atoms. The number of benzene rings is 12. The molecule has 0 radical (unpaired) electrons. The Kier molecular flexibility index (Phi) is 10.1. The molecule has 3 heteroatoms. The fraction of sp³-hybridized carbons (Fsp3) is 0. The lowest BCUT2D eigenvalue weighted by Crippen LogP contribution is -2.17. The molecule has 0 saturated carbocycles. The van der Waals surface area contributed by atoms with Gasteiger partial charge in [0.1, 0.15) is 0 Å². The van der Waals surface area contributed by atoms with Gasteiger partial charge in [-0.1, -0.05) is 212 Å². The van der Waals surface area contributed by atoms with Crippen LogP contribution in [0.15, 0.2) is 279 Å². The zero-order valence-corrected chi connectivity index (χ0v) is 41.7. The van der Waals surface area contributed by atoms with Crippen LogP contribution < -0.4 is 9.80 Å². The number of hydrogen-bond acceptors (Lipinski definition) is 3. The first-order valence-corrected chi connectivity index (χ1v) is 26.6. The van der Waals surface area contributed by atoms with E-state index in [4.69, 9.17) is 0 Å². The summed E-state index contributed by atoms with van der Waals surface area (Å²) in [4.78, 5) is 5.00. The van der Waals surface area contributed by atoms with Crippen LogP contribution >= 0.6 is 11.3 Å². The van der Waals surface area contributed by atoms with Crippen molar-refractivity contribution in [1.29, 1.82) is 0 Å². The maximum atomic E-state index is 2.51. The minimum Gasteiger partial charge on any atom is -0.308 e. The predicted molar refractivity (Wildman–Crippen MR) is 324 cm³/mol. The minimum absolute atomic E-state index is 1.05. The Morgan fingerprint density at radius 1 is 0.267 bits per heavy atom. The van der Waals surface area contributed by atoms with Crippen LogP contribution in [0.4, 0.5) is 34.1 Å². The Balaban J connectivity index is 1.11. The van der Waals surface area contributed by atoms with Gasteiger partial charge in [-0.15, -0.1) is 11.3 Å². The average Bonchev–Trinajstić information content (AvgIpc) is 3.85. The molecule has 13 aromatic carbocycles. The lowest BCUT2D eigenvalue weighted by Gasteiger charge is -2.34. The molecule has 350 valence electrons. The average molecular weight is 971 g/mol. The normalized spacial score (nSPS) is 12.0. The van der Waals surface area contributed by atoms with E-state index in [9.17, 15) is 0 Å². The van der Waals surface area contributed by atoms with E-state index in [1.165, 1.54) is 102 Å². The molecule has 15 rings (SSSR count). The third kappa shape index (κ3) is 7.01. The summed E-state index contributed by atoms with van der Waals surface area (Å²) in [5.74, 6) is 0. The van der Waals surface area contributed by atoms with Crippen LogP contribution in [-0.2, 0) is 0 Å². The lowest BCUT2D eigenvalue weighted by molar-refractivity contribution is 1.23. The molecule has 0 amide bonds. The highest BCUT2D eigenvalue weighted by atomic mass is 32.1. The van der Waals surface area contributed by atoms with Gasteiger partial charge in [-0.2, -0.15) is 0 Å². The highest BCUT2D eigenvalue weighted by molar-refractivity contribution is 7.25. The Morgan fingerprint density at radius 2 is 0.733 bits per heavy atom. The number of hydrogen-bond donors (Lipinski definition) is 0. The Hall–Kier alpha value is -9.54. The van der Waals surface area contributed by atoms with Gasteiger partial charge in [0.05, 0.1) is 17.1 Å². The summed E-state index contributed by atoms with van der Waals surface area (Å²) in [6, 6.07) is 103. The van der Waals surface area contributed by atoms with Crippen molar-refractivity contribution in [3.63, 3.8) is 0 Å². The second-order valence-electron chi connectivity index (χ2n) is 19.5. The first kappa shape index (κ1) is 43.1. The molecule has 2 heterocycles. The first-order valence-electron chi connectivity index (χ1n) is 25.7. The summed E-state index contributed by atoms with van der Waals surface area (Å²) < 4.78 is 2.56. The molecule has 0 atom stereocenters. The van der Waals surface area contributed by atoms with Crippen LogP contribution in [-0.4, -0.2) is 0 Å². The predicted octanol–water partition coefficient (Wildman–Crippen LogP) is 21.2. The molecular weight excluding hydrogens is 925 g/mol. The highest BCUT2D eigenvalue weighted by Crippen LogP contribution is 2.56. The monoisotopic (exact) mass is 970 g/mol. The highest BCUT2D eigenvalue weighted by Gasteiger charge is 2.31. The van der Waals surface area contributed by atoms with Crippen LogP contribution in [0.3, 0.4) is 0 Å². The van der Waals surface area contributed by atoms with Gasteiger partial charge in [0.15, 0.2) is 0 Å². The second-order valence-corrected chi connectivity index (χ2v) is 20.6. The summed E-state index contributed by atoms with van der Waals surface area (Å²) in [6.07, 6.45) is 0. The molecule has 1 aliphatic rings. The number of fused-ring (bicyclic) bond motifs is 18. The fourth-order valence-corrected chi connectivity index (χ4v) is 13.2. The molecule has 0 spiro atoms. The molecule has 0 aliphatic carbocycles. The number of para-hydroxylation sites is 3. The van der Waals surface area contributed by atoms with Crippen LogP contribution in [0.5, 0.6) is 0 Å². The summed E-state index contributed by atoms with van der Waals surface area (Å²) in [7, 11) is 0. The number of nitrogens with zero attached hydrogens (tertiary/aromatic N) is 2. The van der Waals surface area contributed by atoms with Gasteiger partial charge in [-0.25, -0.2) is 0 Å². The molecular formula is C72H46N2S. The lowest BCUT2D eigenvalue weighted by atomic mass is 9.93. The number of rotatable bonds is 5. The third-order valence-electron chi connectivity index (χ3n) is 15.4. The Bertz CT molecular complexity index is 4650. The SMILES string of the molecule is c1ccc(-c2ccc(N(c3ccc4c5ccccc5c5ccccc5c5ccccc5c5cc6c(cc5c4c3)sc3ccccc36)c3cccc4c3N(c3ccccc3)c3ccccc3-c3ccccc3-4)cc2)cc1. The maximum absolute atomic E-state index is 2.51. The van der Waals surface area contributed by atoms with Crippen LogP contribution in [0.2, 0.25) is 0 Å². The number of thiophene rings is 1. The third-order valence-corrected chi connectivity index (χ3v) is 16.5. The summed E-state index contributed by atoms with van der Waals surface area (Å²) >= 11 is 1.88. The van der Waals surface area contributed by atoms with Crippen molar-refractivity contribution < 1.29 is 0 Å². The molecule has 0 fully saturated rings. The molecule has 0 unspecified atom stereocenters. The smallest absolute Gasteiger partial charge is 0.0781 e. The van der Waals surface area contributed by atoms with E-state index in [1.807, 2.05) is 11.3 Å². The van der Waals surface area contributed by atoms with Crippen LogP contribution in [0, 0.1) is 0 Å². The Morgan fingerprint density at radius 3 is 1.40 bits per heavy atom. The molecule has 0 saturated heterocycles. The molecule has 1 aliphatic heterocycles. The van der Waals surface area contributed by atoms with Crippen LogP contribution in [0.1, 0.15) is 0 Å². The van der Waals surface area contributed by atoms with Gasteiger partial charge in [0, 0.05) is 48.4 Å².